The number of aromatic carboxylic acids is 1. The van der Waals surface area contributed by atoms with Gasteiger partial charge in [-0.25, -0.2) is 9.18 Å². The zero-order valence-electron chi connectivity index (χ0n) is 8.90. The molecule has 17 heavy (non-hydrogen) atoms. The molecule has 0 bridgehead atoms. The molecule has 3 N–H and O–H groups in total. The normalized spacial score (nSPS) is 10.5. The Kier molecular flexibility index (Phi) is 2.55. The van der Waals surface area contributed by atoms with E-state index in [2.05, 4.69) is 9.68 Å². The van der Waals surface area contributed by atoms with Gasteiger partial charge in [-0.3, -0.25) is 0 Å². The summed E-state index contributed by atoms with van der Waals surface area (Å²) < 4.78 is 18.3. The molecule has 0 saturated heterocycles. The maximum Gasteiger partial charge on any atom is 0.335 e. The van der Waals surface area contributed by atoms with E-state index in [1.807, 2.05) is 0 Å². The topological polar surface area (TPSA) is 89.4 Å². The van der Waals surface area contributed by atoms with Gasteiger partial charge in [-0.05, 0) is 24.6 Å². The summed E-state index contributed by atoms with van der Waals surface area (Å²) in [5.74, 6) is -1.75. The number of nitrogen functional groups attached to an aromatic ring is 1. The van der Waals surface area contributed by atoms with Crippen LogP contribution in [0.5, 0.6) is 0 Å². The van der Waals surface area contributed by atoms with E-state index in [1.165, 1.54) is 19.2 Å². The van der Waals surface area contributed by atoms with Crippen LogP contribution in [0.4, 0.5) is 10.3 Å². The fraction of sp³-hybridized carbons (Fsp3) is 0.0909. The Bertz CT molecular complexity index is 592. The number of benzene rings is 1. The van der Waals surface area contributed by atoms with Crippen molar-refractivity contribution in [2.24, 2.45) is 0 Å². The zero-order chi connectivity index (χ0) is 12.6. The third-order valence-corrected chi connectivity index (χ3v) is 2.43. The zero-order valence-corrected chi connectivity index (χ0v) is 8.90. The number of carbonyl (C=O) groups is 1. The Morgan fingerprint density at radius 2 is 2.18 bits per heavy atom. The lowest BCUT2D eigenvalue weighted by atomic mass is 10.0. The molecule has 1 aromatic carbocycles. The lowest BCUT2D eigenvalue weighted by Crippen LogP contribution is -2.02. The van der Waals surface area contributed by atoms with E-state index in [0.717, 1.165) is 6.07 Å². The van der Waals surface area contributed by atoms with Crippen LogP contribution in [0, 0.1) is 12.7 Å². The Labute approximate surface area is 95.6 Å². The number of rotatable bonds is 2. The van der Waals surface area contributed by atoms with Crippen molar-refractivity contribution < 1.29 is 18.8 Å². The van der Waals surface area contributed by atoms with Gasteiger partial charge in [0.15, 0.2) is 0 Å². The molecular weight excluding hydrogens is 227 g/mol. The molecule has 6 heteroatoms. The number of carboxylic acid groups (broad SMARTS) is 1. The summed E-state index contributed by atoms with van der Waals surface area (Å²) in [4.78, 5) is 10.9. The van der Waals surface area contributed by atoms with Gasteiger partial charge in [0.25, 0.3) is 0 Å². The second-order valence-corrected chi connectivity index (χ2v) is 3.56. The fourth-order valence-electron chi connectivity index (χ4n) is 1.56. The van der Waals surface area contributed by atoms with E-state index in [1.54, 1.807) is 0 Å². The number of carboxylic acids is 1. The van der Waals surface area contributed by atoms with Crippen LogP contribution >= 0.6 is 0 Å². The highest BCUT2D eigenvalue weighted by atomic mass is 19.1. The van der Waals surface area contributed by atoms with Crippen molar-refractivity contribution in [3.05, 3.63) is 35.3 Å². The number of nitrogens with zero attached hydrogens (tertiary/aromatic N) is 1. The molecule has 1 aromatic heterocycles. The highest BCUT2D eigenvalue weighted by Crippen LogP contribution is 2.30. The van der Waals surface area contributed by atoms with Gasteiger partial charge >= 0.3 is 5.97 Å². The maximum absolute atomic E-state index is 13.7. The van der Waals surface area contributed by atoms with Gasteiger partial charge < -0.3 is 15.4 Å². The molecule has 0 spiro atoms. The maximum atomic E-state index is 13.7. The standard InChI is InChI=1S/C11H9FN2O3/c1-5-2-9(12)7(3-6(5)11(15)16)8-4-14-17-10(8)13/h2-4H,13H2,1H3,(H,15,16). The third-order valence-electron chi connectivity index (χ3n) is 2.43. The van der Waals surface area contributed by atoms with Crippen LogP contribution in [0.1, 0.15) is 15.9 Å². The quantitative estimate of drug-likeness (QED) is 0.833. The molecule has 0 amide bonds. The second kappa shape index (κ2) is 3.89. The van der Waals surface area contributed by atoms with Crippen LogP contribution in [0.25, 0.3) is 11.1 Å². The van der Waals surface area contributed by atoms with Gasteiger partial charge in [-0.15, -0.1) is 0 Å². The first kappa shape index (κ1) is 11.1. The molecular formula is C11H9FN2O3. The third kappa shape index (κ3) is 1.84. The van der Waals surface area contributed by atoms with Gasteiger partial charge in [-0.2, -0.15) is 0 Å². The summed E-state index contributed by atoms with van der Waals surface area (Å²) in [7, 11) is 0. The number of nitrogens with two attached hydrogens (primary N) is 1. The summed E-state index contributed by atoms with van der Waals surface area (Å²) in [5, 5.41) is 12.4. The van der Waals surface area contributed by atoms with Gasteiger partial charge in [-0.1, -0.05) is 5.16 Å². The van der Waals surface area contributed by atoms with Gasteiger partial charge in [0.2, 0.25) is 5.88 Å². The smallest absolute Gasteiger partial charge is 0.335 e. The Morgan fingerprint density at radius 3 is 2.71 bits per heavy atom. The summed E-state index contributed by atoms with van der Waals surface area (Å²) in [5.41, 5.74) is 6.12. The van der Waals surface area contributed by atoms with E-state index in [-0.39, 0.29) is 22.6 Å². The Hall–Kier alpha value is -2.37. The van der Waals surface area contributed by atoms with Crippen LogP contribution in [0.2, 0.25) is 0 Å². The molecule has 0 fully saturated rings. The molecule has 0 aliphatic heterocycles. The molecule has 0 unspecified atom stereocenters. The van der Waals surface area contributed by atoms with Gasteiger partial charge in [0.05, 0.1) is 17.3 Å². The van der Waals surface area contributed by atoms with Crippen molar-refractivity contribution in [2.75, 3.05) is 5.73 Å². The molecule has 0 aliphatic carbocycles. The molecule has 2 aromatic rings. The highest BCUT2D eigenvalue weighted by Gasteiger charge is 2.17. The average Bonchev–Trinajstić information content (AvgIpc) is 2.64. The molecule has 88 valence electrons. The molecule has 2 rings (SSSR count). The molecule has 0 atom stereocenters. The SMILES string of the molecule is Cc1cc(F)c(-c2cnoc2N)cc1C(=O)O. The van der Waals surface area contributed by atoms with Crippen LogP contribution in [0.15, 0.2) is 22.9 Å². The summed E-state index contributed by atoms with van der Waals surface area (Å²) >= 11 is 0. The van der Waals surface area contributed by atoms with Crippen molar-refractivity contribution in [1.82, 2.24) is 5.16 Å². The molecule has 0 saturated carbocycles. The van der Waals surface area contributed by atoms with Gasteiger partial charge in [0.1, 0.15) is 5.82 Å². The number of hydrogen-bond donors (Lipinski definition) is 2. The predicted molar refractivity (Wildman–Crippen MR) is 58.0 cm³/mol. The summed E-state index contributed by atoms with van der Waals surface area (Å²) in [6.07, 6.45) is 1.24. The summed E-state index contributed by atoms with van der Waals surface area (Å²) in [6, 6.07) is 2.36. The minimum Gasteiger partial charge on any atom is -0.478 e. The summed E-state index contributed by atoms with van der Waals surface area (Å²) in [6.45, 7) is 1.52. The second-order valence-electron chi connectivity index (χ2n) is 3.56. The van der Waals surface area contributed by atoms with Crippen molar-refractivity contribution in [3.63, 3.8) is 0 Å². The lowest BCUT2D eigenvalue weighted by molar-refractivity contribution is 0.0696. The van der Waals surface area contributed by atoms with Crippen LogP contribution in [0.3, 0.4) is 0 Å². The van der Waals surface area contributed by atoms with Crippen LogP contribution < -0.4 is 5.73 Å². The minimum atomic E-state index is -1.13. The first-order valence-electron chi connectivity index (χ1n) is 4.74. The van der Waals surface area contributed by atoms with E-state index in [9.17, 15) is 9.18 Å². The number of anilines is 1. The van der Waals surface area contributed by atoms with Gasteiger partial charge in [0, 0.05) is 5.56 Å². The molecule has 5 nitrogen and oxygen atoms in total. The Balaban J connectivity index is 2.67. The van der Waals surface area contributed by atoms with E-state index < -0.39 is 11.8 Å². The number of aromatic nitrogens is 1. The van der Waals surface area contributed by atoms with E-state index >= 15 is 0 Å². The first-order valence-corrected chi connectivity index (χ1v) is 4.74. The minimum absolute atomic E-state index is 0.0157. The van der Waals surface area contributed by atoms with Crippen LogP contribution in [-0.2, 0) is 0 Å². The number of halogens is 1. The van der Waals surface area contributed by atoms with Crippen molar-refractivity contribution >= 4 is 11.9 Å². The average molecular weight is 236 g/mol. The lowest BCUT2D eigenvalue weighted by Gasteiger charge is -2.06. The monoisotopic (exact) mass is 236 g/mol. The predicted octanol–water partition coefficient (Wildman–Crippen LogP) is 2.07. The first-order chi connectivity index (χ1) is 8.00. The molecule has 1 heterocycles. The number of aryl methyl sites for hydroxylation is 1. The van der Waals surface area contributed by atoms with Crippen molar-refractivity contribution in [2.45, 2.75) is 6.92 Å². The molecule has 0 radical (unpaired) electrons. The Morgan fingerprint density at radius 1 is 1.47 bits per heavy atom. The highest BCUT2D eigenvalue weighted by molar-refractivity contribution is 5.91. The van der Waals surface area contributed by atoms with Crippen LogP contribution in [-0.4, -0.2) is 16.2 Å². The molecule has 0 aliphatic rings. The van der Waals surface area contributed by atoms with E-state index in [4.69, 9.17) is 10.8 Å². The largest absolute Gasteiger partial charge is 0.478 e. The number of hydrogen-bond acceptors (Lipinski definition) is 4. The van der Waals surface area contributed by atoms with Crippen molar-refractivity contribution in [3.8, 4) is 11.1 Å². The van der Waals surface area contributed by atoms with E-state index in [0.29, 0.717) is 5.56 Å². The fourth-order valence-corrected chi connectivity index (χ4v) is 1.56. The van der Waals surface area contributed by atoms with Crippen molar-refractivity contribution in [1.29, 1.82) is 0 Å².